The molecule has 0 saturated heterocycles. The Labute approximate surface area is 123 Å². The van der Waals surface area contributed by atoms with E-state index in [4.69, 9.17) is 9.47 Å². The van der Waals surface area contributed by atoms with Crippen molar-refractivity contribution in [1.82, 2.24) is 5.32 Å². The van der Waals surface area contributed by atoms with Crippen LogP contribution in [-0.4, -0.2) is 26.6 Å². The van der Waals surface area contributed by atoms with Crippen molar-refractivity contribution in [2.24, 2.45) is 0 Å². The van der Waals surface area contributed by atoms with Crippen LogP contribution in [-0.2, 0) is 15.9 Å². The molecule has 0 heterocycles. The quantitative estimate of drug-likeness (QED) is 0.699. The molecule has 0 aliphatic heterocycles. The van der Waals surface area contributed by atoms with Crippen molar-refractivity contribution in [3.63, 3.8) is 0 Å². The summed E-state index contributed by atoms with van der Waals surface area (Å²) in [4.78, 5) is 0. The average molecular weight is 279 g/mol. The van der Waals surface area contributed by atoms with Gasteiger partial charge in [0.2, 0.25) is 0 Å². The van der Waals surface area contributed by atoms with Crippen LogP contribution >= 0.6 is 0 Å². The van der Waals surface area contributed by atoms with Gasteiger partial charge in [0.15, 0.2) is 6.29 Å². The van der Waals surface area contributed by atoms with Crippen LogP contribution < -0.4 is 5.32 Å². The lowest BCUT2D eigenvalue weighted by Crippen LogP contribution is -2.40. The van der Waals surface area contributed by atoms with Crippen molar-refractivity contribution in [2.75, 3.05) is 14.2 Å². The Morgan fingerprint density at radius 1 is 1.05 bits per heavy atom. The van der Waals surface area contributed by atoms with Crippen LogP contribution in [0.25, 0.3) is 0 Å². The Hall–Kier alpha value is -0.900. The van der Waals surface area contributed by atoms with Gasteiger partial charge in [0.1, 0.15) is 0 Å². The highest BCUT2D eigenvalue weighted by atomic mass is 16.7. The number of rotatable bonds is 9. The largest absolute Gasteiger partial charge is 0.354 e. The van der Waals surface area contributed by atoms with Gasteiger partial charge in [0.25, 0.3) is 0 Å². The molecule has 1 aromatic carbocycles. The number of aryl methyl sites for hydroxylation is 1. The smallest absolute Gasteiger partial charge is 0.171 e. The Morgan fingerprint density at radius 3 is 2.15 bits per heavy atom. The fourth-order valence-electron chi connectivity index (χ4n) is 2.43. The number of ether oxygens (including phenoxy) is 2. The molecule has 3 nitrogen and oxygen atoms in total. The summed E-state index contributed by atoms with van der Waals surface area (Å²) < 4.78 is 10.6. The Morgan fingerprint density at radius 2 is 1.65 bits per heavy atom. The molecule has 1 rings (SSSR count). The molecular formula is C17H29NO2. The molecule has 20 heavy (non-hydrogen) atoms. The van der Waals surface area contributed by atoms with Gasteiger partial charge in [-0.15, -0.1) is 0 Å². The van der Waals surface area contributed by atoms with Gasteiger partial charge in [-0.05, 0) is 37.8 Å². The molecule has 1 aromatic rings. The van der Waals surface area contributed by atoms with E-state index in [1.165, 1.54) is 30.4 Å². The summed E-state index contributed by atoms with van der Waals surface area (Å²) in [7, 11) is 3.33. The van der Waals surface area contributed by atoms with Gasteiger partial charge < -0.3 is 14.8 Å². The first kappa shape index (κ1) is 17.2. The van der Waals surface area contributed by atoms with Crippen molar-refractivity contribution in [3.8, 4) is 0 Å². The van der Waals surface area contributed by atoms with Crippen molar-refractivity contribution in [3.05, 3.63) is 35.4 Å². The van der Waals surface area contributed by atoms with Crippen LogP contribution in [0.2, 0.25) is 0 Å². The van der Waals surface area contributed by atoms with Crippen LogP contribution in [0.5, 0.6) is 0 Å². The maximum Gasteiger partial charge on any atom is 0.171 e. The van der Waals surface area contributed by atoms with Gasteiger partial charge in [-0.25, -0.2) is 0 Å². The second kappa shape index (κ2) is 9.11. The van der Waals surface area contributed by atoms with Crippen molar-refractivity contribution in [1.29, 1.82) is 0 Å². The first-order valence-corrected chi connectivity index (χ1v) is 7.52. The number of nitrogens with one attached hydrogen (secondary N) is 1. The van der Waals surface area contributed by atoms with Gasteiger partial charge >= 0.3 is 0 Å². The highest BCUT2D eigenvalue weighted by molar-refractivity contribution is 5.24. The maximum absolute atomic E-state index is 5.28. The molecule has 114 valence electrons. The van der Waals surface area contributed by atoms with Gasteiger partial charge in [-0.3, -0.25) is 0 Å². The first-order valence-electron chi connectivity index (χ1n) is 7.52. The number of methoxy groups -OCH3 is 2. The Bertz CT molecular complexity index is 360. The minimum atomic E-state index is -0.221. The molecule has 0 saturated carbocycles. The van der Waals surface area contributed by atoms with Crippen molar-refractivity contribution < 1.29 is 9.47 Å². The van der Waals surface area contributed by atoms with E-state index in [0.717, 1.165) is 0 Å². The summed E-state index contributed by atoms with van der Waals surface area (Å²) in [6, 6.07) is 9.31. The summed E-state index contributed by atoms with van der Waals surface area (Å²) in [5.41, 5.74) is 2.71. The lowest BCUT2D eigenvalue weighted by Gasteiger charge is -2.26. The highest BCUT2D eigenvalue weighted by Crippen LogP contribution is 2.16. The maximum atomic E-state index is 5.28. The monoisotopic (exact) mass is 279 g/mol. The molecular weight excluding hydrogens is 250 g/mol. The van der Waals surface area contributed by atoms with Crippen LogP contribution in [0.4, 0.5) is 0 Å². The third-order valence-electron chi connectivity index (χ3n) is 3.68. The predicted octanol–water partition coefficient (Wildman–Crippen LogP) is 3.69. The van der Waals surface area contributed by atoms with Crippen molar-refractivity contribution >= 4 is 0 Å². The van der Waals surface area contributed by atoms with Gasteiger partial charge in [-0.1, -0.05) is 37.6 Å². The molecule has 0 aliphatic carbocycles. The van der Waals surface area contributed by atoms with Crippen LogP contribution in [0.15, 0.2) is 24.3 Å². The van der Waals surface area contributed by atoms with Crippen molar-refractivity contribution in [2.45, 2.75) is 58.4 Å². The van der Waals surface area contributed by atoms with E-state index in [-0.39, 0.29) is 18.4 Å². The Kier molecular flexibility index (Phi) is 7.82. The topological polar surface area (TPSA) is 30.5 Å². The van der Waals surface area contributed by atoms with E-state index in [0.29, 0.717) is 0 Å². The zero-order valence-electron chi connectivity index (χ0n) is 13.5. The molecule has 2 unspecified atom stereocenters. The zero-order valence-corrected chi connectivity index (χ0v) is 13.5. The summed E-state index contributed by atoms with van der Waals surface area (Å²) in [5, 5.41) is 3.51. The molecule has 0 aromatic heterocycles. The summed E-state index contributed by atoms with van der Waals surface area (Å²) >= 11 is 0. The van der Waals surface area contributed by atoms with E-state index < -0.39 is 0 Å². The molecule has 0 aliphatic rings. The van der Waals surface area contributed by atoms with Crippen LogP contribution in [0, 0.1) is 0 Å². The van der Waals surface area contributed by atoms with Crippen LogP contribution in [0.3, 0.4) is 0 Å². The fraction of sp³-hybridized carbons (Fsp3) is 0.647. The number of unbranched alkanes of at least 4 members (excludes halogenated alkanes) is 1. The van der Waals surface area contributed by atoms with E-state index >= 15 is 0 Å². The third kappa shape index (κ3) is 5.23. The second-order valence-corrected chi connectivity index (χ2v) is 5.36. The molecule has 0 bridgehead atoms. The second-order valence-electron chi connectivity index (χ2n) is 5.36. The molecule has 0 spiro atoms. The summed E-state index contributed by atoms with van der Waals surface area (Å²) in [6.45, 7) is 6.47. The highest BCUT2D eigenvalue weighted by Gasteiger charge is 2.18. The fourth-order valence-corrected chi connectivity index (χ4v) is 2.43. The molecule has 2 atom stereocenters. The van der Waals surface area contributed by atoms with Gasteiger partial charge in [0, 0.05) is 20.3 Å². The SMILES string of the molecule is CCCCc1ccc(C(C)NC(C)C(OC)OC)cc1. The minimum absolute atomic E-state index is 0.139. The molecule has 0 fully saturated rings. The molecule has 0 radical (unpaired) electrons. The van der Waals surface area contributed by atoms with E-state index in [9.17, 15) is 0 Å². The molecule has 3 heteroatoms. The standard InChI is InChI=1S/C17H29NO2/c1-6-7-8-15-9-11-16(12-10-15)13(2)18-14(3)17(19-4)20-5/h9-14,17-18H,6-8H2,1-5H3. The summed E-state index contributed by atoms with van der Waals surface area (Å²) in [5.74, 6) is 0. The minimum Gasteiger partial charge on any atom is -0.354 e. The van der Waals surface area contributed by atoms with E-state index in [2.05, 4.69) is 50.4 Å². The van der Waals surface area contributed by atoms with E-state index in [1.807, 2.05) is 0 Å². The third-order valence-corrected chi connectivity index (χ3v) is 3.68. The normalized spacial score (nSPS) is 14.5. The van der Waals surface area contributed by atoms with E-state index in [1.54, 1.807) is 14.2 Å². The summed E-state index contributed by atoms with van der Waals surface area (Å²) in [6.07, 6.45) is 3.45. The number of hydrogen-bond acceptors (Lipinski definition) is 3. The lowest BCUT2D eigenvalue weighted by atomic mass is 10.0. The zero-order chi connectivity index (χ0) is 15.0. The Balaban J connectivity index is 2.56. The number of hydrogen-bond donors (Lipinski definition) is 1. The van der Waals surface area contributed by atoms with Gasteiger partial charge in [0.05, 0.1) is 6.04 Å². The number of benzene rings is 1. The predicted molar refractivity (Wildman–Crippen MR) is 83.9 cm³/mol. The molecule has 1 N–H and O–H groups in total. The molecule has 0 amide bonds. The lowest BCUT2D eigenvalue weighted by molar-refractivity contribution is -0.120. The average Bonchev–Trinajstić information content (AvgIpc) is 2.46. The van der Waals surface area contributed by atoms with Crippen LogP contribution in [0.1, 0.15) is 50.8 Å². The first-order chi connectivity index (χ1) is 9.62. The van der Waals surface area contributed by atoms with Gasteiger partial charge in [-0.2, -0.15) is 0 Å².